The van der Waals surface area contributed by atoms with E-state index < -0.39 is 18.3 Å². The lowest BCUT2D eigenvalue weighted by Gasteiger charge is -2.32. The molecular formula is C19H23BFNO5. The molecule has 0 atom stereocenters. The van der Waals surface area contributed by atoms with E-state index >= 15 is 0 Å². The number of hydrogen-bond acceptors (Lipinski definition) is 6. The summed E-state index contributed by atoms with van der Waals surface area (Å²) in [4.78, 5) is 15.9. The second-order valence-corrected chi connectivity index (χ2v) is 7.49. The van der Waals surface area contributed by atoms with Crippen LogP contribution in [0.5, 0.6) is 0 Å². The Morgan fingerprint density at radius 3 is 2.30 bits per heavy atom. The highest BCUT2D eigenvalue weighted by Crippen LogP contribution is 2.37. The molecule has 0 bridgehead atoms. The Kier molecular flexibility index (Phi) is 5.14. The molecule has 6 nitrogen and oxygen atoms in total. The highest BCUT2D eigenvalue weighted by molar-refractivity contribution is 6.62. The number of carbonyl (C=O) groups excluding carboxylic acids is 1. The summed E-state index contributed by atoms with van der Waals surface area (Å²) in [7, 11) is 0.576. The van der Waals surface area contributed by atoms with Crippen LogP contribution in [0.4, 0.5) is 4.39 Å². The second kappa shape index (κ2) is 7.09. The van der Waals surface area contributed by atoms with Crippen LogP contribution in [0, 0.1) is 5.82 Å². The normalized spacial score (nSPS) is 17.9. The Bertz CT molecular complexity index is 815. The van der Waals surface area contributed by atoms with Gasteiger partial charge < -0.3 is 18.5 Å². The highest BCUT2D eigenvalue weighted by Gasteiger charge is 2.54. The van der Waals surface area contributed by atoms with Crippen LogP contribution in [0.2, 0.25) is 0 Å². The minimum Gasteiger partial charge on any atom is -0.469 e. The fraction of sp³-hybridized carbons (Fsp3) is 0.474. The third-order valence-electron chi connectivity index (χ3n) is 5.05. The van der Waals surface area contributed by atoms with Crippen molar-refractivity contribution in [3.05, 3.63) is 36.0 Å². The summed E-state index contributed by atoms with van der Waals surface area (Å²) in [5, 5.41) is 0. The van der Waals surface area contributed by atoms with E-state index in [-0.39, 0.29) is 24.6 Å². The van der Waals surface area contributed by atoms with Crippen molar-refractivity contribution in [2.75, 3.05) is 7.11 Å². The summed E-state index contributed by atoms with van der Waals surface area (Å²) >= 11 is 0. The molecule has 1 aromatic carbocycles. The van der Waals surface area contributed by atoms with E-state index in [4.69, 9.17) is 13.7 Å². The van der Waals surface area contributed by atoms with E-state index in [0.29, 0.717) is 22.8 Å². The molecule has 2 heterocycles. The monoisotopic (exact) mass is 375 g/mol. The van der Waals surface area contributed by atoms with Crippen molar-refractivity contribution in [2.24, 2.45) is 0 Å². The number of benzene rings is 1. The predicted octanol–water partition coefficient (Wildman–Crippen LogP) is 2.89. The Morgan fingerprint density at radius 2 is 1.74 bits per heavy atom. The topological polar surface area (TPSA) is 70.8 Å². The zero-order chi connectivity index (χ0) is 19.8. The van der Waals surface area contributed by atoms with E-state index in [2.05, 4.69) is 9.72 Å². The summed E-state index contributed by atoms with van der Waals surface area (Å²) in [6.07, 6.45) is 0.420. The quantitative estimate of drug-likeness (QED) is 0.591. The largest absolute Gasteiger partial charge is 0.535 e. The first kappa shape index (κ1) is 19.6. The number of carbonyl (C=O) groups is 1. The summed E-state index contributed by atoms with van der Waals surface area (Å²) in [6, 6.07) is 5.94. The van der Waals surface area contributed by atoms with Gasteiger partial charge in [-0.25, -0.2) is 9.37 Å². The van der Waals surface area contributed by atoms with Gasteiger partial charge in [-0.2, -0.15) is 0 Å². The van der Waals surface area contributed by atoms with Gasteiger partial charge in [0.1, 0.15) is 11.5 Å². The van der Waals surface area contributed by atoms with Crippen LogP contribution in [0.3, 0.4) is 0 Å². The molecule has 2 aromatic rings. The number of aromatic nitrogens is 1. The first-order valence-electron chi connectivity index (χ1n) is 8.81. The van der Waals surface area contributed by atoms with Crippen LogP contribution in [-0.4, -0.2) is 36.4 Å². The summed E-state index contributed by atoms with van der Waals surface area (Å²) < 4.78 is 36.0. The van der Waals surface area contributed by atoms with Crippen LogP contribution < -0.4 is 5.66 Å². The number of oxazole rings is 1. The second-order valence-electron chi connectivity index (χ2n) is 7.49. The Balaban J connectivity index is 1.97. The van der Waals surface area contributed by atoms with Gasteiger partial charge in [-0.15, -0.1) is 0 Å². The summed E-state index contributed by atoms with van der Waals surface area (Å²) in [5.41, 5.74) is 0.496. The molecule has 0 radical (unpaired) electrons. The maximum absolute atomic E-state index is 13.3. The fourth-order valence-electron chi connectivity index (χ4n) is 2.72. The van der Waals surface area contributed by atoms with Crippen molar-refractivity contribution in [2.45, 2.75) is 51.7 Å². The van der Waals surface area contributed by atoms with Crippen LogP contribution in [0.1, 0.15) is 40.0 Å². The molecule has 27 heavy (non-hydrogen) atoms. The SMILES string of the molecule is COC(=O)CCc1nc(-c2ccc(F)cc2)c(B2OC(C)(C)C(C)(C)O2)o1. The number of ether oxygens (including phenoxy) is 1. The molecule has 1 saturated heterocycles. The van der Waals surface area contributed by atoms with Crippen molar-refractivity contribution in [3.8, 4) is 11.3 Å². The molecule has 0 saturated carbocycles. The molecule has 144 valence electrons. The third-order valence-corrected chi connectivity index (χ3v) is 5.05. The average molecular weight is 375 g/mol. The zero-order valence-corrected chi connectivity index (χ0v) is 16.2. The van der Waals surface area contributed by atoms with Crippen LogP contribution in [-0.2, 0) is 25.3 Å². The van der Waals surface area contributed by atoms with Gasteiger partial charge >= 0.3 is 13.1 Å². The molecule has 0 amide bonds. The smallest absolute Gasteiger partial charge is 0.469 e. The van der Waals surface area contributed by atoms with Crippen LogP contribution in [0.25, 0.3) is 11.3 Å². The van der Waals surface area contributed by atoms with E-state index in [1.165, 1.54) is 19.2 Å². The standard InChI is InChI=1S/C19H23BFNO5/c1-18(2)19(3,4)27-20(26-18)17-16(12-6-8-13(21)9-7-12)22-14(25-17)10-11-15(23)24-5/h6-9H,10-11H2,1-5H3. The minimum atomic E-state index is -0.755. The lowest BCUT2D eigenvalue weighted by atomic mass is 9.83. The molecule has 0 unspecified atom stereocenters. The fourth-order valence-corrected chi connectivity index (χ4v) is 2.72. The van der Waals surface area contributed by atoms with E-state index in [9.17, 15) is 9.18 Å². The first-order valence-corrected chi connectivity index (χ1v) is 8.81. The molecule has 0 N–H and O–H groups in total. The number of rotatable bonds is 5. The Morgan fingerprint density at radius 1 is 1.15 bits per heavy atom. The Labute approximate surface area is 158 Å². The van der Waals surface area contributed by atoms with Crippen molar-refractivity contribution in [3.63, 3.8) is 0 Å². The van der Waals surface area contributed by atoms with Gasteiger partial charge in [0.2, 0.25) is 0 Å². The number of aryl methyl sites for hydroxylation is 1. The first-order chi connectivity index (χ1) is 12.6. The highest BCUT2D eigenvalue weighted by atomic mass is 19.1. The molecule has 3 rings (SSSR count). The molecule has 0 aliphatic carbocycles. The number of esters is 1. The maximum atomic E-state index is 13.3. The summed E-state index contributed by atoms with van der Waals surface area (Å²) in [6.45, 7) is 7.77. The molecule has 8 heteroatoms. The molecule has 0 spiro atoms. The molecule has 1 aliphatic rings. The predicted molar refractivity (Wildman–Crippen MR) is 98.0 cm³/mol. The number of hydrogen-bond donors (Lipinski definition) is 0. The third kappa shape index (κ3) is 3.91. The number of methoxy groups -OCH3 is 1. The van der Waals surface area contributed by atoms with Crippen LogP contribution >= 0.6 is 0 Å². The van der Waals surface area contributed by atoms with Crippen LogP contribution in [0.15, 0.2) is 28.7 Å². The lowest BCUT2D eigenvalue weighted by molar-refractivity contribution is -0.140. The Hall–Kier alpha value is -2.19. The molecule has 1 aromatic heterocycles. The van der Waals surface area contributed by atoms with Gasteiger partial charge in [0.15, 0.2) is 11.6 Å². The van der Waals surface area contributed by atoms with Gasteiger partial charge in [-0.3, -0.25) is 4.79 Å². The minimum absolute atomic E-state index is 0.142. The van der Waals surface area contributed by atoms with Crippen molar-refractivity contribution in [1.29, 1.82) is 0 Å². The lowest BCUT2D eigenvalue weighted by Crippen LogP contribution is -2.41. The van der Waals surface area contributed by atoms with E-state index in [0.717, 1.165) is 0 Å². The van der Waals surface area contributed by atoms with Gasteiger partial charge in [0, 0.05) is 12.0 Å². The molecular weight excluding hydrogens is 352 g/mol. The van der Waals surface area contributed by atoms with Gasteiger partial charge in [0.25, 0.3) is 0 Å². The average Bonchev–Trinajstić information content (AvgIpc) is 3.12. The summed E-state index contributed by atoms with van der Waals surface area (Å²) in [5.74, 6) is -0.330. The van der Waals surface area contributed by atoms with Crippen molar-refractivity contribution >= 4 is 18.7 Å². The van der Waals surface area contributed by atoms with E-state index in [1.54, 1.807) is 12.1 Å². The molecule has 1 fully saturated rings. The van der Waals surface area contributed by atoms with E-state index in [1.807, 2.05) is 27.7 Å². The van der Waals surface area contributed by atoms with Crippen molar-refractivity contribution in [1.82, 2.24) is 4.98 Å². The number of halogens is 1. The van der Waals surface area contributed by atoms with Gasteiger partial charge in [-0.05, 0) is 52.0 Å². The maximum Gasteiger partial charge on any atom is 0.535 e. The van der Waals surface area contributed by atoms with Gasteiger partial charge in [-0.1, -0.05) is 0 Å². The van der Waals surface area contributed by atoms with Gasteiger partial charge in [0.05, 0.1) is 24.7 Å². The number of nitrogens with zero attached hydrogens (tertiary/aromatic N) is 1. The van der Waals surface area contributed by atoms with Crippen molar-refractivity contribution < 1.29 is 27.6 Å². The molecule has 1 aliphatic heterocycles. The zero-order valence-electron chi connectivity index (χ0n) is 16.2.